The zero-order chi connectivity index (χ0) is 27.2. The summed E-state index contributed by atoms with van der Waals surface area (Å²) in [6.45, 7) is -1.79. The van der Waals surface area contributed by atoms with E-state index < -0.39 is 46.9 Å². The lowest BCUT2D eigenvalue weighted by Gasteiger charge is -2.08. The molecule has 0 N–H and O–H groups in total. The lowest BCUT2D eigenvalue weighted by Crippen LogP contribution is -2.20. The molecule has 0 aliphatic heterocycles. The molecule has 0 aromatic heterocycles. The first-order valence-corrected chi connectivity index (χ1v) is 10.4. The molecule has 0 radical (unpaired) electrons. The van der Waals surface area contributed by atoms with Gasteiger partial charge in [-0.3, -0.25) is 20.2 Å². The molecule has 15 heteroatoms. The summed E-state index contributed by atoms with van der Waals surface area (Å²) in [7, 11) is 0. The highest BCUT2D eigenvalue weighted by Gasteiger charge is 2.14. The van der Waals surface area contributed by atoms with E-state index in [4.69, 9.17) is 23.7 Å². The molecule has 0 unspecified atom stereocenters. The van der Waals surface area contributed by atoms with Crippen LogP contribution in [0.3, 0.4) is 0 Å². The molecule has 196 valence electrons. The smallest absolute Gasteiger partial charge is 0.344 e. The molecule has 0 spiro atoms. The molecule has 37 heavy (non-hydrogen) atoms. The first-order chi connectivity index (χ1) is 17.7. The molecule has 15 nitrogen and oxygen atoms in total. The summed E-state index contributed by atoms with van der Waals surface area (Å²) in [6, 6.07) is 9.25. The van der Waals surface area contributed by atoms with Gasteiger partial charge in [0.1, 0.15) is 13.2 Å². The molecular formula is C22H20N2O13. The second-order valence-corrected chi connectivity index (χ2v) is 6.81. The van der Waals surface area contributed by atoms with Crippen molar-refractivity contribution in [3.63, 3.8) is 0 Å². The van der Waals surface area contributed by atoms with E-state index in [1.165, 1.54) is 24.3 Å². The van der Waals surface area contributed by atoms with E-state index in [9.17, 15) is 39.4 Å². The van der Waals surface area contributed by atoms with Crippen LogP contribution < -0.4 is 0 Å². The summed E-state index contributed by atoms with van der Waals surface area (Å²) in [5, 5.41) is 21.2. The Morgan fingerprint density at radius 1 is 0.568 bits per heavy atom. The van der Waals surface area contributed by atoms with Crippen molar-refractivity contribution in [1.82, 2.24) is 0 Å². The van der Waals surface area contributed by atoms with Gasteiger partial charge in [0.05, 0.1) is 34.2 Å². The van der Waals surface area contributed by atoms with Crippen LogP contribution in [0.15, 0.2) is 48.5 Å². The molecule has 0 aliphatic rings. The van der Waals surface area contributed by atoms with Crippen molar-refractivity contribution in [3.05, 3.63) is 79.9 Å². The molecule has 0 saturated heterocycles. The zero-order valence-electron chi connectivity index (χ0n) is 19.1. The number of carbonyl (C=O) groups is 4. The number of hydrogen-bond donors (Lipinski definition) is 0. The van der Waals surface area contributed by atoms with Crippen LogP contribution in [0.5, 0.6) is 0 Å². The highest BCUT2D eigenvalue weighted by molar-refractivity contribution is 5.91. The first-order valence-electron chi connectivity index (χ1n) is 10.4. The fourth-order valence-electron chi connectivity index (χ4n) is 2.47. The summed E-state index contributed by atoms with van der Waals surface area (Å²) >= 11 is 0. The molecule has 0 amide bonds. The van der Waals surface area contributed by atoms with E-state index in [0.717, 1.165) is 24.3 Å². The normalized spacial score (nSPS) is 10.2. The third-order valence-corrected chi connectivity index (χ3v) is 4.25. The van der Waals surface area contributed by atoms with Crippen LogP contribution in [0.1, 0.15) is 20.7 Å². The maximum atomic E-state index is 11.8. The third kappa shape index (κ3) is 10.1. The summed E-state index contributed by atoms with van der Waals surface area (Å²) in [5.41, 5.74) is -0.350. The molecule has 2 aromatic carbocycles. The van der Waals surface area contributed by atoms with Gasteiger partial charge in [0.2, 0.25) is 0 Å². The Morgan fingerprint density at radius 2 is 0.919 bits per heavy atom. The Balaban J connectivity index is 1.51. The molecule has 0 saturated carbocycles. The SMILES string of the molecule is O=C(COC(=O)c1ccc([N+](=O)[O-])cc1)OCCOCCOC(=O)COC(=O)c1ccc([N+](=O)[O-])cc1. The highest BCUT2D eigenvalue weighted by Crippen LogP contribution is 2.13. The molecule has 0 heterocycles. The third-order valence-electron chi connectivity index (χ3n) is 4.25. The summed E-state index contributed by atoms with van der Waals surface area (Å²) < 4.78 is 24.2. The Kier molecular flexibility index (Phi) is 11.1. The van der Waals surface area contributed by atoms with E-state index in [1.54, 1.807) is 0 Å². The van der Waals surface area contributed by atoms with E-state index in [-0.39, 0.29) is 48.9 Å². The van der Waals surface area contributed by atoms with Gasteiger partial charge in [0.15, 0.2) is 13.2 Å². The number of nitrogens with zero attached hydrogens (tertiary/aromatic N) is 2. The van der Waals surface area contributed by atoms with E-state index >= 15 is 0 Å². The van der Waals surface area contributed by atoms with Gasteiger partial charge in [-0.25, -0.2) is 19.2 Å². The fraction of sp³-hybridized carbons (Fsp3) is 0.273. The average molecular weight is 520 g/mol. The first kappa shape index (κ1) is 28.3. The van der Waals surface area contributed by atoms with Crippen molar-refractivity contribution in [1.29, 1.82) is 0 Å². The van der Waals surface area contributed by atoms with Gasteiger partial charge in [-0.1, -0.05) is 0 Å². The number of rotatable bonds is 14. The monoisotopic (exact) mass is 520 g/mol. The maximum Gasteiger partial charge on any atom is 0.344 e. The number of esters is 4. The number of benzene rings is 2. The highest BCUT2D eigenvalue weighted by atomic mass is 16.6. The number of carbonyl (C=O) groups excluding carboxylic acids is 4. The van der Waals surface area contributed by atoms with Crippen molar-refractivity contribution in [2.24, 2.45) is 0 Å². The van der Waals surface area contributed by atoms with E-state index in [1.807, 2.05) is 0 Å². The maximum absolute atomic E-state index is 11.8. The van der Waals surface area contributed by atoms with Crippen LogP contribution in [-0.4, -0.2) is 73.4 Å². The Bertz CT molecular complexity index is 1040. The number of nitro groups is 2. The van der Waals surface area contributed by atoms with Gasteiger partial charge in [-0.05, 0) is 24.3 Å². The minimum atomic E-state index is -0.858. The average Bonchev–Trinajstić information content (AvgIpc) is 2.89. The van der Waals surface area contributed by atoms with Gasteiger partial charge in [-0.15, -0.1) is 0 Å². The van der Waals surface area contributed by atoms with Crippen molar-refractivity contribution >= 4 is 35.3 Å². The summed E-state index contributed by atoms with van der Waals surface area (Å²) in [6.07, 6.45) is 0. The van der Waals surface area contributed by atoms with E-state index in [2.05, 4.69) is 0 Å². The standard InChI is InChI=1S/C22H20N2O13/c25-19(13-36-21(27)15-1-5-17(6-2-15)23(29)30)34-11-9-33-10-12-35-20(26)14-37-22(28)16-3-7-18(8-4-16)24(31)32/h1-8H,9-14H2. The number of hydrogen-bond acceptors (Lipinski definition) is 13. The fourth-order valence-corrected chi connectivity index (χ4v) is 2.47. The minimum absolute atomic E-state index is 0.0254. The molecule has 2 rings (SSSR count). The number of non-ortho nitro benzene ring substituents is 2. The molecule has 0 bridgehead atoms. The number of ether oxygens (including phenoxy) is 5. The van der Waals surface area contributed by atoms with Crippen LogP contribution in [0, 0.1) is 20.2 Å². The Labute approximate surface area is 208 Å². The number of nitro benzene ring substituents is 2. The second-order valence-electron chi connectivity index (χ2n) is 6.81. The lowest BCUT2D eigenvalue weighted by molar-refractivity contribution is -0.385. The van der Waals surface area contributed by atoms with Crippen molar-refractivity contribution in [3.8, 4) is 0 Å². The van der Waals surface area contributed by atoms with Crippen molar-refractivity contribution < 1.29 is 52.7 Å². The van der Waals surface area contributed by atoms with Crippen LogP contribution in [0.2, 0.25) is 0 Å². The second kappa shape index (κ2) is 14.5. The summed E-state index contributed by atoms with van der Waals surface area (Å²) in [4.78, 5) is 66.7. The van der Waals surface area contributed by atoms with Crippen LogP contribution in [0.4, 0.5) is 11.4 Å². The molecule has 2 aromatic rings. The molecule has 0 aliphatic carbocycles. The largest absolute Gasteiger partial charge is 0.461 e. The van der Waals surface area contributed by atoms with Crippen molar-refractivity contribution in [2.75, 3.05) is 39.6 Å². The van der Waals surface area contributed by atoms with Gasteiger partial charge < -0.3 is 23.7 Å². The topological polar surface area (TPSA) is 201 Å². The Hall–Kier alpha value is -4.92. The Morgan fingerprint density at radius 3 is 1.24 bits per heavy atom. The predicted octanol–water partition coefficient (Wildman–Crippen LogP) is 1.62. The van der Waals surface area contributed by atoms with Gasteiger partial charge >= 0.3 is 23.9 Å². The molecule has 0 atom stereocenters. The van der Waals surface area contributed by atoms with Crippen LogP contribution in [0.25, 0.3) is 0 Å². The lowest BCUT2D eigenvalue weighted by atomic mass is 10.2. The van der Waals surface area contributed by atoms with Gasteiger partial charge in [0, 0.05) is 24.3 Å². The molecule has 0 fully saturated rings. The molecular weight excluding hydrogens is 500 g/mol. The van der Waals surface area contributed by atoms with Crippen molar-refractivity contribution in [2.45, 2.75) is 0 Å². The van der Waals surface area contributed by atoms with Crippen LogP contribution in [-0.2, 0) is 33.3 Å². The van der Waals surface area contributed by atoms with E-state index in [0.29, 0.717) is 0 Å². The van der Waals surface area contributed by atoms with Crippen LogP contribution >= 0.6 is 0 Å². The predicted molar refractivity (Wildman–Crippen MR) is 119 cm³/mol. The zero-order valence-corrected chi connectivity index (χ0v) is 19.1. The quantitative estimate of drug-likeness (QED) is 0.114. The van der Waals surface area contributed by atoms with Gasteiger partial charge in [0.25, 0.3) is 11.4 Å². The minimum Gasteiger partial charge on any atom is -0.461 e. The summed E-state index contributed by atoms with van der Waals surface area (Å²) in [5.74, 6) is -3.41. The van der Waals surface area contributed by atoms with Gasteiger partial charge in [-0.2, -0.15) is 0 Å².